The molecule has 1 saturated carbocycles. The van der Waals surface area contributed by atoms with Gasteiger partial charge < -0.3 is 25.6 Å². The molecule has 2 aromatic carbocycles. The fourth-order valence-electron chi connectivity index (χ4n) is 6.74. The molecule has 1 unspecified atom stereocenters. The number of carbonyl (C=O) groups is 2. The second-order valence-electron chi connectivity index (χ2n) is 14.8. The predicted octanol–water partition coefficient (Wildman–Crippen LogP) is 7.41. The van der Waals surface area contributed by atoms with Crippen LogP contribution in [0, 0.1) is 11.8 Å². The smallest absolute Gasteiger partial charge is 0.319 e. The van der Waals surface area contributed by atoms with E-state index in [0.717, 1.165) is 56.9 Å². The number of hydrogen-bond acceptors (Lipinski definition) is 6. The molecule has 2 aromatic rings. The lowest BCUT2D eigenvalue weighted by molar-refractivity contribution is -0.123. The van der Waals surface area contributed by atoms with Crippen molar-refractivity contribution in [3.63, 3.8) is 0 Å². The lowest BCUT2D eigenvalue weighted by Crippen LogP contribution is -2.50. The Morgan fingerprint density at radius 2 is 1.67 bits per heavy atom. The molecule has 3 amide bonds. The summed E-state index contributed by atoms with van der Waals surface area (Å²) in [7, 11) is -3.94. The Bertz CT molecular complexity index is 1460. The van der Waals surface area contributed by atoms with E-state index in [2.05, 4.69) is 60.2 Å². The first-order valence-electron chi connectivity index (χ1n) is 18.3. The van der Waals surface area contributed by atoms with E-state index in [0.29, 0.717) is 68.2 Å². The highest BCUT2D eigenvalue weighted by Gasteiger charge is 2.27. The standard InChI is InChI=1S/C38H59N5O5S/c1-6-8-12-28(7-2)27-39-36(44)34(25-29-13-10-9-11-14-29)41-37(45)40-31-17-20-35(43-21-23-48-24-22-43)33(26-31)42-49(46,47)32-18-15-30(16-19-32)38(3,4)5/h15-20,26,28-29,34,42H,6-14,21-25,27H2,1-5H3,(H,39,44)(H2,40,41,45)/t28?,34-/m1/s1. The van der Waals surface area contributed by atoms with Gasteiger partial charge >= 0.3 is 6.03 Å². The molecule has 1 heterocycles. The Labute approximate surface area is 294 Å². The number of ether oxygens (including phenoxy) is 1. The minimum absolute atomic E-state index is 0.109. The van der Waals surface area contributed by atoms with Crippen LogP contribution in [0.1, 0.15) is 104 Å². The maximum absolute atomic E-state index is 13.6. The van der Waals surface area contributed by atoms with Crippen molar-refractivity contribution in [2.75, 3.05) is 47.8 Å². The third-order valence-corrected chi connectivity index (χ3v) is 11.3. The van der Waals surface area contributed by atoms with Crippen LogP contribution in [0.25, 0.3) is 0 Å². The molecular formula is C38H59N5O5S. The van der Waals surface area contributed by atoms with Gasteiger partial charge in [0.25, 0.3) is 10.0 Å². The summed E-state index contributed by atoms with van der Waals surface area (Å²) in [5, 5.41) is 8.97. The second kappa shape index (κ2) is 18.1. The van der Waals surface area contributed by atoms with Crippen molar-refractivity contribution in [3.05, 3.63) is 48.0 Å². The summed E-state index contributed by atoms with van der Waals surface area (Å²) in [6.07, 6.45) is 10.6. The normalized spacial score (nSPS) is 17.2. The third kappa shape index (κ3) is 11.6. The van der Waals surface area contributed by atoms with E-state index < -0.39 is 22.1 Å². The number of benzene rings is 2. The van der Waals surface area contributed by atoms with Crippen molar-refractivity contribution in [2.24, 2.45) is 11.8 Å². The highest BCUT2D eigenvalue weighted by atomic mass is 32.2. The molecule has 0 radical (unpaired) electrons. The topological polar surface area (TPSA) is 129 Å². The Balaban J connectivity index is 1.52. The van der Waals surface area contributed by atoms with Gasteiger partial charge in [0.05, 0.1) is 29.5 Å². The Morgan fingerprint density at radius 1 is 0.980 bits per heavy atom. The zero-order valence-corrected chi connectivity index (χ0v) is 31.1. The minimum atomic E-state index is -3.94. The first-order chi connectivity index (χ1) is 23.4. The van der Waals surface area contributed by atoms with Crippen molar-refractivity contribution >= 4 is 39.0 Å². The van der Waals surface area contributed by atoms with E-state index in [-0.39, 0.29) is 16.2 Å². The Kier molecular flexibility index (Phi) is 14.2. The summed E-state index contributed by atoms with van der Waals surface area (Å²) in [4.78, 5) is 29.2. The number of amides is 3. The quantitative estimate of drug-likeness (QED) is 0.153. The molecule has 0 spiro atoms. The van der Waals surface area contributed by atoms with Crippen LogP contribution >= 0.6 is 0 Å². The molecule has 11 heteroatoms. The zero-order chi connectivity index (χ0) is 35.4. The van der Waals surface area contributed by atoms with Crippen molar-refractivity contribution in [1.29, 1.82) is 0 Å². The molecular weight excluding hydrogens is 639 g/mol. The van der Waals surface area contributed by atoms with Gasteiger partial charge in [-0.05, 0) is 66.0 Å². The number of hydrogen-bond donors (Lipinski definition) is 4. The lowest BCUT2D eigenvalue weighted by atomic mass is 9.84. The fraction of sp³-hybridized carbons (Fsp3) is 0.632. The molecule has 49 heavy (non-hydrogen) atoms. The molecule has 2 fully saturated rings. The van der Waals surface area contributed by atoms with E-state index >= 15 is 0 Å². The molecule has 2 aliphatic rings. The van der Waals surface area contributed by atoms with Crippen LogP contribution in [0.2, 0.25) is 0 Å². The average molecular weight is 698 g/mol. The van der Waals surface area contributed by atoms with E-state index in [1.165, 1.54) is 6.42 Å². The summed E-state index contributed by atoms with van der Waals surface area (Å²) in [5.74, 6) is 0.652. The summed E-state index contributed by atoms with van der Waals surface area (Å²) >= 11 is 0. The number of morpholine rings is 1. The molecule has 0 bridgehead atoms. The molecule has 0 aromatic heterocycles. The molecule has 4 N–H and O–H groups in total. The highest BCUT2D eigenvalue weighted by molar-refractivity contribution is 7.92. The molecule has 272 valence electrons. The number of nitrogens with one attached hydrogen (secondary N) is 4. The maximum Gasteiger partial charge on any atom is 0.319 e. The molecule has 2 atom stereocenters. The monoisotopic (exact) mass is 697 g/mol. The van der Waals surface area contributed by atoms with Gasteiger partial charge in [0.1, 0.15) is 6.04 Å². The van der Waals surface area contributed by atoms with E-state index in [1.54, 1.807) is 24.3 Å². The number of rotatable bonds is 15. The van der Waals surface area contributed by atoms with Crippen LogP contribution in [0.5, 0.6) is 0 Å². The number of urea groups is 1. The largest absolute Gasteiger partial charge is 0.378 e. The summed E-state index contributed by atoms with van der Waals surface area (Å²) in [5.41, 5.74) is 2.40. The summed E-state index contributed by atoms with van der Waals surface area (Å²) in [6, 6.07) is 11.0. The van der Waals surface area contributed by atoms with Gasteiger partial charge in [-0.25, -0.2) is 13.2 Å². The van der Waals surface area contributed by atoms with Crippen LogP contribution in [-0.2, 0) is 25.0 Å². The second-order valence-corrected chi connectivity index (χ2v) is 16.4. The van der Waals surface area contributed by atoms with Crippen LogP contribution in [0.15, 0.2) is 47.4 Å². The molecule has 1 aliphatic heterocycles. The molecule has 10 nitrogen and oxygen atoms in total. The van der Waals surface area contributed by atoms with Crippen LogP contribution < -0.4 is 25.6 Å². The number of anilines is 3. The van der Waals surface area contributed by atoms with E-state index in [9.17, 15) is 18.0 Å². The SMILES string of the molecule is CCCCC(CC)CNC(=O)[C@@H](CC1CCCCC1)NC(=O)Nc1ccc(N2CCOCC2)c(NS(=O)(=O)c2ccc(C(C)(C)C)cc2)c1. The van der Waals surface area contributed by atoms with Gasteiger partial charge in [-0.3, -0.25) is 9.52 Å². The van der Waals surface area contributed by atoms with Crippen LogP contribution in [0.3, 0.4) is 0 Å². The average Bonchev–Trinajstić information content (AvgIpc) is 3.08. The van der Waals surface area contributed by atoms with E-state index in [4.69, 9.17) is 4.74 Å². The van der Waals surface area contributed by atoms with Gasteiger partial charge in [-0.2, -0.15) is 0 Å². The number of nitrogens with zero attached hydrogens (tertiary/aromatic N) is 1. The van der Waals surface area contributed by atoms with Crippen LogP contribution in [0.4, 0.5) is 21.9 Å². The number of carbonyl (C=O) groups excluding carboxylic acids is 2. The van der Waals surface area contributed by atoms with Gasteiger partial charge in [0.2, 0.25) is 5.91 Å². The molecule has 1 aliphatic carbocycles. The molecule has 1 saturated heterocycles. The Hall–Kier alpha value is -3.31. The summed E-state index contributed by atoms with van der Waals surface area (Å²) in [6.45, 7) is 13.5. The third-order valence-electron chi connectivity index (χ3n) is 9.90. The molecule has 4 rings (SSSR count). The van der Waals surface area contributed by atoms with Crippen molar-refractivity contribution in [1.82, 2.24) is 10.6 Å². The fourth-order valence-corrected chi connectivity index (χ4v) is 7.80. The van der Waals surface area contributed by atoms with E-state index in [1.807, 2.05) is 18.2 Å². The zero-order valence-electron chi connectivity index (χ0n) is 30.3. The first-order valence-corrected chi connectivity index (χ1v) is 19.8. The minimum Gasteiger partial charge on any atom is -0.378 e. The van der Waals surface area contributed by atoms with Gasteiger partial charge in [0, 0.05) is 25.3 Å². The first kappa shape index (κ1) is 38.5. The van der Waals surface area contributed by atoms with Gasteiger partial charge in [0.15, 0.2) is 0 Å². The van der Waals surface area contributed by atoms with Crippen molar-refractivity contribution < 1.29 is 22.7 Å². The van der Waals surface area contributed by atoms with Gasteiger partial charge in [-0.15, -0.1) is 0 Å². The lowest BCUT2D eigenvalue weighted by Gasteiger charge is -2.31. The van der Waals surface area contributed by atoms with Crippen LogP contribution in [-0.4, -0.2) is 59.2 Å². The van der Waals surface area contributed by atoms with Crippen molar-refractivity contribution in [3.8, 4) is 0 Å². The van der Waals surface area contributed by atoms with Crippen molar-refractivity contribution in [2.45, 2.75) is 115 Å². The highest BCUT2D eigenvalue weighted by Crippen LogP contribution is 2.33. The maximum atomic E-state index is 13.6. The summed E-state index contributed by atoms with van der Waals surface area (Å²) < 4.78 is 35.6. The van der Waals surface area contributed by atoms with Gasteiger partial charge in [-0.1, -0.05) is 98.1 Å². The Morgan fingerprint density at radius 3 is 2.31 bits per heavy atom. The number of unbranched alkanes of at least 4 members (excludes halogenated alkanes) is 1. The predicted molar refractivity (Wildman–Crippen MR) is 199 cm³/mol. The number of sulfonamides is 1.